The van der Waals surface area contributed by atoms with Gasteiger partial charge in [-0.2, -0.15) is 4.31 Å². The average Bonchev–Trinajstić information content (AvgIpc) is 3.08. The summed E-state index contributed by atoms with van der Waals surface area (Å²) in [4.78, 5) is 12.5. The summed E-state index contributed by atoms with van der Waals surface area (Å²) in [5.41, 5.74) is 0.897. The fourth-order valence-electron chi connectivity index (χ4n) is 3.09. The van der Waals surface area contributed by atoms with Crippen LogP contribution in [-0.2, 0) is 17.1 Å². The van der Waals surface area contributed by atoms with Gasteiger partial charge in [0.2, 0.25) is 10.0 Å². The molecule has 1 aromatic heterocycles. The van der Waals surface area contributed by atoms with Crippen LogP contribution in [0, 0.1) is 0 Å². The topological polar surface area (TPSA) is 80.6 Å². The van der Waals surface area contributed by atoms with Crippen molar-refractivity contribution in [2.45, 2.75) is 24.2 Å². The Hall–Kier alpha value is -2.32. The summed E-state index contributed by atoms with van der Waals surface area (Å²) in [6, 6.07) is 8.13. The van der Waals surface area contributed by atoms with E-state index in [1.54, 1.807) is 42.1 Å². The average molecular weight is 377 g/mol. The summed E-state index contributed by atoms with van der Waals surface area (Å²) in [6.07, 6.45) is 4.52. The molecule has 26 heavy (non-hydrogen) atoms. The number of anilines is 1. The second kappa shape index (κ2) is 7.51. The van der Waals surface area contributed by atoms with Gasteiger partial charge in [0.05, 0.1) is 7.11 Å². The molecular formula is C18H23N3O4S. The van der Waals surface area contributed by atoms with Crippen molar-refractivity contribution in [2.75, 3.05) is 25.5 Å². The summed E-state index contributed by atoms with van der Waals surface area (Å²) in [5.74, 6) is -0.0311. The van der Waals surface area contributed by atoms with Gasteiger partial charge >= 0.3 is 0 Å². The first-order chi connectivity index (χ1) is 12.4. The molecule has 0 atom stereocenters. The van der Waals surface area contributed by atoms with E-state index in [-0.39, 0.29) is 16.6 Å². The zero-order valence-electron chi connectivity index (χ0n) is 14.9. The molecular weight excluding hydrogens is 354 g/mol. The predicted octanol–water partition coefficient (Wildman–Crippen LogP) is 2.46. The number of carbonyl (C=O) groups is 1. The second-order valence-electron chi connectivity index (χ2n) is 6.29. The Balaban J connectivity index is 1.91. The number of hydrogen-bond donors (Lipinski definition) is 1. The first-order valence-electron chi connectivity index (χ1n) is 8.54. The molecule has 0 unspecified atom stereocenters. The molecule has 0 bridgehead atoms. The largest absolute Gasteiger partial charge is 0.495 e. The molecule has 1 aliphatic rings. The molecule has 1 N–H and O–H groups in total. The fourth-order valence-corrected chi connectivity index (χ4v) is 4.79. The van der Waals surface area contributed by atoms with Crippen LogP contribution >= 0.6 is 0 Å². The van der Waals surface area contributed by atoms with Crippen LogP contribution in [0.1, 0.15) is 29.8 Å². The van der Waals surface area contributed by atoms with Crippen molar-refractivity contribution in [3.8, 4) is 5.75 Å². The molecule has 0 saturated carbocycles. The summed E-state index contributed by atoms with van der Waals surface area (Å²) in [7, 11) is -0.463. The van der Waals surface area contributed by atoms with Crippen LogP contribution in [0.15, 0.2) is 41.4 Å². The van der Waals surface area contributed by atoms with Gasteiger partial charge in [-0.3, -0.25) is 4.79 Å². The standard InChI is InChI=1S/C18H23N3O4S/c1-20-10-6-7-15(20)18(22)19-14-8-9-16(25-2)17(13-14)26(23,24)21-11-4-3-5-12-21/h6-10,13H,3-5,11-12H2,1-2H3,(H,19,22). The monoisotopic (exact) mass is 377 g/mol. The van der Waals surface area contributed by atoms with E-state index >= 15 is 0 Å². The minimum Gasteiger partial charge on any atom is -0.495 e. The number of amides is 1. The van der Waals surface area contributed by atoms with Gasteiger partial charge in [0, 0.05) is 32.0 Å². The number of benzene rings is 1. The number of nitrogens with one attached hydrogen (secondary N) is 1. The molecule has 2 heterocycles. The number of aromatic nitrogens is 1. The third-order valence-corrected chi connectivity index (χ3v) is 6.45. The van der Waals surface area contributed by atoms with Gasteiger partial charge in [-0.1, -0.05) is 6.42 Å². The Labute approximate surface area is 153 Å². The van der Waals surface area contributed by atoms with Crippen LogP contribution in [0.2, 0.25) is 0 Å². The van der Waals surface area contributed by atoms with Crippen molar-refractivity contribution < 1.29 is 17.9 Å². The number of piperidine rings is 1. The molecule has 2 aromatic rings. The van der Waals surface area contributed by atoms with Crippen molar-refractivity contribution in [2.24, 2.45) is 7.05 Å². The Morgan fingerprint density at radius 2 is 1.88 bits per heavy atom. The normalized spacial score (nSPS) is 15.6. The van der Waals surface area contributed by atoms with E-state index in [1.807, 2.05) is 0 Å². The lowest BCUT2D eigenvalue weighted by Gasteiger charge is -2.26. The molecule has 3 rings (SSSR count). The molecule has 0 spiro atoms. The van der Waals surface area contributed by atoms with E-state index < -0.39 is 10.0 Å². The van der Waals surface area contributed by atoms with Crippen LogP contribution < -0.4 is 10.1 Å². The Bertz CT molecular complexity index is 899. The molecule has 7 nitrogen and oxygen atoms in total. The summed E-state index contributed by atoms with van der Waals surface area (Å²) in [5, 5.41) is 2.75. The zero-order valence-corrected chi connectivity index (χ0v) is 15.8. The first kappa shape index (κ1) is 18.5. The Kier molecular flexibility index (Phi) is 5.33. The molecule has 140 valence electrons. The molecule has 0 radical (unpaired) electrons. The number of methoxy groups -OCH3 is 1. The number of carbonyl (C=O) groups excluding carboxylic acids is 1. The quantitative estimate of drug-likeness (QED) is 0.868. The third-order valence-electron chi connectivity index (χ3n) is 4.53. The van der Waals surface area contributed by atoms with Gasteiger partial charge in [0.15, 0.2) is 0 Å². The molecule has 1 amide bonds. The van der Waals surface area contributed by atoms with E-state index in [0.717, 1.165) is 19.3 Å². The van der Waals surface area contributed by atoms with Gasteiger partial charge in [-0.05, 0) is 43.2 Å². The van der Waals surface area contributed by atoms with Crippen LogP contribution in [0.4, 0.5) is 5.69 Å². The molecule has 1 saturated heterocycles. The van der Waals surface area contributed by atoms with E-state index in [9.17, 15) is 13.2 Å². The second-order valence-corrected chi connectivity index (χ2v) is 8.20. The summed E-state index contributed by atoms with van der Waals surface area (Å²) < 4.78 is 34.5. The maximum absolute atomic E-state index is 13.0. The van der Waals surface area contributed by atoms with Crippen LogP contribution in [-0.4, -0.2) is 43.4 Å². The van der Waals surface area contributed by atoms with E-state index in [1.165, 1.54) is 17.5 Å². The lowest BCUT2D eigenvalue weighted by molar-refractivity contribution is 0.101. The molecule has 0 aliphatic carbocycles. The van der Waals surface area contributed by atoms with Crippen molar-refractivity contribution in [1.29, 1.82) is 0 Å². The molecule has 1 fully saturated rings. The fraction of sp³-hybridized carbons (Fsp3) is 0.389. The molecule has 1 aliphatic heterocycles. The van der Waals surface area contributed by atoms with Crippen LogP contribution in [0.3, 0.4) is 0 Å². The van der Waals surface area contributed by atoms with Crippen LogP contribution in [0.25, 0.3) is 0 Å². The highest BCUT2D eigenvalue weighted by Crippen LogP contribution is 2.31. The maximum Gasteiger partial charge on any atom is 0.272 e. The molecule has 1 aromatic carbocycles. The van der Waals surface area contributed by atoms with E-state index in [0.29, 0.717) is 24.5 Å². The van der Waals surface area contributed by atoms with Gasteiger partial charge < -0.3 is 14.6 Å². The van der Waals surface area contributed by atoms with Gasteiger partial charge in [-0.15, -0.1) is 0 Å². The number of sulfonamides is 1. The summed E-state index contributed by atoms with van der Waals surface area (Å²) >= 11 is 0. The number of ether oxygens (including phenoxy) is 1. The summed E-state index contributed by atoms with van der Waals surface area (Å²) in [6.45, 7) is 1.01. The number of rotatable bonds is 5. The third kappa shape index (κ3) is 3.61. The highest BCUT2D eigenvalue weighted by Gasteiger charge is 2.29. The van der Waals surface area contributed by atoms with Crippen molar-refractivity contribution in [1.82, 2.24) is 8.87 Å². The number of hydrogen-bond acceptors (Lipinski definition) is 4. The predicted molar refractivity (Wildman–Crippen MR) is 99.0 cm³/mol. The smallest absolute Gasteiger partial charge is 0.272 e. The van der Waals surface area contributed by atoms with Gasteiger partial charge in [0.25, 0.3) is 5.91 Å². The van der Waals surface area contributed by atoms with E-state index in [2.05, 4.69) is 5.32 Å². The zero-order chi connectivity index (χ0) is 18.7. The lowest BCUT2D eigenvalue weighted by atomic mass is 10.2. The Morgan fingerprint density at radius 1 is 1.15 bits per heavy atom. The van der Waals surface area contributed by atoms with Gasteiger partial charge in [0.1, 0.15) is 16.3 Å². The lowest BCUT2D eigenvalue weighted by Crippen LogP contribution is -2.35. The maximum atomic E-state index is 13.0. The van der Waals surface area contributed by atoms with Crippen molar-refractivity contribution in [3.05, 3.63) is 42.2 Å². The number of nitrogens with zero attached hydrogens (tertiary/aromatic N) is 2. The minimum absolute atomic E-state index is 0.0755. The first-order valence-corrected chi connectivity index (χ1v) is 9.98. The highest BCUT2D eigenvalue weighted by atomic mass is 32.2. The SMILES string of the molecule is COc1ccc(NC(=O)c2cccn2C)cc1S(=O)(=O)N1CCCCC1. The Morgan fingerprint density at radius 3 is 2.50 bits per heavy atom. The van der Waals surface area contributed by atoms with E-state index in [4.69, 9.17) is 4.74 Å². The van der Waals surface area contributed by atoms with Crippen molar-refractivity contribution >= 4 is 21.6 Å². The van der Waals surface area contributed by atoms with Crippen LogP contribution in [0.5, 0.6) is 5.75 Å². The van der Waals surface area contributed by atoms with Crippen molar-refractivity contribution in [3.63, 3.8) is 0 Å². The molecule has 8 heteroatoms. The minimum atomic E-state index is -3.67. The highest BCUT2D eigenvalue weighted by molar-refractivity contribution is 7.89. The number of aryl methyl sites for hydroxylation is 1. The van der Waals surface area contributed by atoms with Gasteiger partial charge in [-0.25, -0.2) is 8.42 Å².